The van der Waals surface area contributed by atoms with Crippen LogP contribution >= 0.6 is 0 Å². The molecule has 0 spiro atoms. The number of hydrogen-bond acceptors (Lipinski definition) is 3. The Morgan fingerprint density at radius 1 is 1.39 bits per heavy atom. The summed E-state index contributed by atoms with van der Waals surface area (Å²) >= 11 is 0. The van der Waals surface area contributed by atoms with Crippen molar-refractivity contribution in [3.05, 3.63) is 30.1 Å². The summed E-state index contributed by atoms with van der Waals surface area (Å²) in [6, 6.07) is 5.13. The van der Waals surface area contributed by atoms with Gasteiger partial charge in [0, 0.05) is 6.54 Å². The van der Waals surface area contributed by atoms with Gasteiger partial charge in [-0.1, -0.05) is 12.1 Å². The zero-order valence-electron chi connectivity index (χ0n) is 10.2. The van der Waals surface area contributed by atoms with Crippen LogP contribution in [0.5, 0.6) is 5.75 Å². The van der Waals surface area contributed by atoms with Gasteiger partial charge in [-0.3, -0.25) is 10.1 Å². The highest BCUT2D eigenvalue weighted by molar-refractivity contribution is 5.96. The molecule has 0 heterocycles. The monoisotopic (exact) mass is 254 g/mol. The summed E-state index contributed by atoms with van der Waals surface area (Å²) in [7, 11) is 0. The molecule has 0 aliphatic heterocycles. The van der Waals surface area contributed by atoms with Gasteiger partial charge in [0.25, 0.3) is 5.91 Å². The lowest BCUT2D eigenvalue weighted by molar-refractivity contribution is -0.126. The molecule has 1 atom stereocenters. The highest BCUT2D eigenvalue weighted by Crippen LogP contribution is 2.16. The minimum absolute atomic E-state index is 0.0314. The zero-order chi connectivity index (χ0) is 13.5. The number of ether oxygens (including phenoxy) is 1. The number of carbonyl (C=O) groups excluding carboxylic acids is 2. The molecule has 1 rings (SSSR count). The average molecular weight is 254 g/mol. The molecule has 1 unspecified atom stereocenters. The minimum atomic E-state index is -0.968. The van der Waals surface area contributed by atoms with E-state index in [4.69, 9.17) is 4.74 Å². The van der Waals surface area contributed by atoms with Gasteiger partial charge in [0.15, 0.2) is 17.7 Å². The normalized spacial score (nSPS) is 11.5. The first-order valence-electron chi connectivity index (χ1n) is 5.54. The molecule has 0 aliphatic rings. The summed E-state index contributed by atoms with van der Waals surface area (Å²) in [4.78, 5) is 22.6. The molecule has 0 bridgehead atoms. The third-order valence-electron chi connectivity index (χ3n) is 2.08. The standard InChI is InChI=1S/C12H15FN2O3/c1-3-14-12(17)15-11(16)8(2)18-10-7-5-4-6-9(10)13/h4-8H,3H2,1-2H3,(H2,14,15,16,17). The minimum Gasteiger partial charge on any atom is -0.478 e. The number of halogens is 1. The van der Waals surface area contributed by atoms with Gasteiger partial charge in [-0.2, -0.15) is 0 Å². The van der Waals surface area contributed by atoms with Crippen molar-refractivity contribution in [2.75, 3.05) is 6.54 Å². The topological polar surface area (TPSA) is 67.4 Å². The van der Waals surface area contributed by atoms with Gasteiger partial charge in [0.05, 0.1) is 0 Å². The Morgan fingerprint density at radius 2 is 2.06 bits per heavy atom. The van der Waals surface area contributed by atoms with E-state index in [2.05, 4.69) is 10.6 Å². The number of urea groups is 1. The van der Waals surface area contributed by atoms with Gasteiger partial charge < -0.3 is 10.1 Å². The van der Waals surface area contributed by atoms with Crippen molar-refractivity contribution in [2.45, 2.75) is 20.0 Å². The summed E-state index contributed by atoms with van der Waals surface area (Å²) < 4.78 is 18.4. The number of amides is 3. The summed E-state index contributed by atoms with van der Waals surface area (Å²) in [6.07, 6.45) is -0.968. The Kier molecular flexibility index (Phi) is 5.10. The zero-order valence-corrected chi connectivity index (χ0v) is 10.2. The van der Waals surface area contributed by atoms with Gasteiger partial charge in [0.2, 0.25) is 0 Å². The number of rotatable bonds is 4. The molecule has 0 fully saturated rings. The van der Waals surface area contributed by atoms with Gasteiger partial charge in [-0.25, -0.2) is 9.18 Å². The first-order valence-corrected chi connectivity index (χ1v) is 5.54. The van der Waals surface area contributed by atoms with Gasteiger partial charge in [-0.15, -0.1) is 0 Å². The number of nitrogens with one attached hydrogen (secondary N) is 2. The van der Waals surface area contributed by atoms with Crippen LogP contribution in [0.3, 0.4) is 0 Å². The Bertz CT molecular complexity index is 437. The van der Waals surface area contributed by atoms with Crippen molar-refractivity contribution in [1.82, 2.24) is 10.6 Å². The maximum Gasteiger partial charge on any atom is 0.321 e. The van der Waals surface area contributed by atoms with Crippen LogP contribution < -0.4 is 15.4 Å². The predicted molar refractivity (Wildman–Crippen MR) is 63.7 cm³/mol. The molecule has 1 aromatic carbocycles. The van der Waals surface area contributed by atoms with Crippen LogP contribution in [-0.2, 0) is 4.79 Å². The van der Waals surface area contributed by atoms with Gasteiger partial charge in [0.1, 0.15) is 0 Å². The first-order chi connectivity index (χ1) is 8.54. The Morgan fingerprint density at radius 3 is 2.67 bits per heavy atom. The fourth-order valence-electron chi connectivity index (χ4n) is 1.20. The Balaban J connectivity index is 2.55. The van der Waals surface area contributed by atoms with E-state index < -0.39 is 23.9 Å². The van der Waals surface area contributed by atoms with Crippen molar-refractivity contribution < 1.29 is 18.7 Å². The molecule has 6 heteroatoms. The number of carbonyl (C=O) groups is 2. The molecule has 0 aromatic heterocycles. The lowest BCUT2D eigenvalue weighted by Crippen LogP contribution is -2.45. The van der Waals surface area contributed by atoms with Gasteiger partial charge >= 0.3 is 6.03 Å². The Labute approximate surface area is 104 Å². The molecule has 0 saturated heterocycles. The fraction of sp³-hybridized carbons (Fsp3) is 0.333. The van der Waals surface area contributed by atoms with Crippen molar-refractivity contribution in [2.24, 2.45) is 0 Å². The van der Waals surface area contributed by atoms with Gasteiger partial charge in [-0.05, 0) is 26.0 Å². The van der Waals surface area contributed by atoms with Crippen LogP contribution in [0, 0.1) is 5.82 Å². The third kappa shape index (κ3) is 4.04. The summed E-state index contributed by atoms with van der Waals surface area (Å²) in [6.45, 7) is 3.56. The van der Waals surface area contributed by atoms with E-state index in [-0.39, 0.29) is 5.75 Å². The van der Waals surface area contributed by atoms with Crippen LogP contribution in [0.4, 0.5) is 9.18 Å². The number of hydrogen-bond donors (Lipinski definition) is 2. The molecular formula is C12H15FN2O3. The van der Waals surface area contributed by atoms with E-state index in [1.165, 1.54) is 25.1 Å². The van der Waals surface area contributed by atoms with E-state index in [0.29, 0.717) is 6.54 Å². The van der Waals surface area contributed by atoms with Crippen LogP contribution in [0.2, 0.25) is 0 Å². The van der Waals surface area contributed by atoms with Crippen molar-refractivity contribution in [3.63, 3.8) is 0 Å². The largest absolute Gasteiger partial charge is 0.478 e. The predicted octanol–water partition coefficient (Wildman–Crippen LogP) is 1.44. The van der Waals surface area contributed by atoms with Crippen molar-refractivity contribution in [3.8, 4) is 5.75 Å². The van der Waals surface area contributed by atoms with Crippen LogP contribution in [0.15, 0.2) is 24.3 Å². The highest BCUT2D eigenvalue weighted by atomic mass is 19.1. The van der Waals surface area contributed by atoms with Crippen molar-refractivity contribution in [1.29, 1.82) is 0 Å². The lowest BCUT2D eigenvalue weighted by atomic mass is 10.3. The van der Waals surface area contributed by atoms with Crippen LogP contribution in [0.25, 0.3) is 0 Å². The molecular weight excluding hydrogens is 239 g/mol. The molecule has 2 N–H and O–H groups in total. The van der Waals surface area contributed by atoms with Crippen LogP contribution in [-0.4, -0.2) is 24.6 Å². The average Bonchev–Trinajstić information content (AvgIpc) is 2.32. The van der Waals surface area contributed by atoms with E-state index in [1.807, 2.05) is 0 Å². The SMILES string of the molecule is CCNC(=O)NC(=O)C(C)Oc1ccccc1F. The maximum atomic E-state index is 13.3. The second-order valence-electron chi connectivity index (χ2n) is 3.54. The molecule has 18 heavy (non-hydrogen) atoms. The van der Waals surface area contributed by atoms with Crippen molar-refractivity contribution >= 4 is 11.9 Å². The lowest BCUT2D eigenvalue weighted by Gasteiger charge is -2.14. The number of benzene rings is 1. The molecule has 0 saturated carbocycles. The molecule has 1 aromatic rings. The molecule has 98 valence electrons. The molecule has 0 aliphatic carbocycles. The van der Waals surface area contributed by atoms with E-state index in [1.54, 1.807) is 13.0 Å². The summed E-state index contributed by atoms with van der Waals surface area (Å²) in [5, 5.41) is 4.49. The smallest absolute Gasteiger partial charge is 0.321 e. The Hall–Kier alpha value is -2.11. The third-order valence-corrected chi connectivity index (χ3v) is 2.08. The highest BCUT2D eigenvalue weighted by Gasteiger charge is 2.18. The first kappa shape index (κ1) is 14.0. The second-order valence-corrected chi connectivity index (χ2v) is 3.54. The number of para-hydroxylation sites is 1. The molecule has 3 amide bonds. The second kappa shape index (κ2) is 6.58. The maximum absolute atomic E-state index is 13.3. The summed E-state index contributed by atoms with van der Waals surface area (Å²) in [5.41, 5.74) is 0. The fourth-order valence-corrected chi connectivity index (χ4v) is 1.20. The van der Waals surface area contributed by atoms with E-state index in [0.717, 1.165) is 0 Å². The molecule has 0 radical (unpaired) electrons. The van der Waals surface area contributed by atoms with Crippen LogP contribution in [0.1, 0.15) is 13.8 Å². The van der Waals surface area contributed by atoms with E-state index in [9.17, 15) is 14.0 Å². The number of imide groups is 1. The molecule has 5 nitrogen and oxygen atoms in total. The summed E-state index contributed by atoms with van der Waals surface area (Å²) in [5.74, 6) is -1.23. The quantitative estimate of drug-likeness (QED) is 0.854. The van der Waals surface area contributed by atoms with E-state index >= 15 is 0 Å².